The number of phosphoric ester groups is 1. The Labute approximate surface area is 231 Å². The minimum atomic E-state index is -4.88. The number of ether oxygens (including phenoxy) is 2. The van der Waals surface area contributed by atoms with Gasteiger partial charge in [0.15, 0.2) is 11.5 Å². The van der Waals surface area contributed by atoms with Crippen LogP contribution in [-0.4, -0.2) is 88.3 Å². The zero-order valence-electron chi connectivity index (χ0n) is 21.4. The highest BCUT2D eigenvalue weighted by Crippen LogP contribution is 2.50. The van der Waals surface area contributed by atoms with Crippen LogP contribution in [0.4, 0.5) is 11.6 Å². The van der Waals surface area contributed by atoms with E-state index in [9.17, 15) is 19.0 Å². The summed E-state index contributed by atoms with van der Waals surface area (Å²) in [6.07, 6.45) is -1.60. The summed E-state index contributed by atoms with van der Waals surface area (Å²) in [7, 11) is -8.77. The van der Waals surface area contributed by atoms with E-state index < -0.39 is 64.6 Å². The number of aliphatic hydroxyl groups excluding tert-OH is 1. The maximum Gasteiger partial charge on any atom is 0.469 e. The van der Waals surface area contributed by atoms with Crippen LogP contribution in [0.3, 0.4) is 0 Å². The molecule has 21 heteroatoms. The first-order valence-electron chi connectivity index (χ1n) is 12.2. The van der Waals surface area contributed by atoms with Crippen LogP contribution >= 0.6 is 15.4 Å². The van der Waals surface area contributed by atoms with Crippen LogP contribution in [0.1, 0.15) is 25.3 Å². The zero-order valence-corrected chi connectivity index (χ0v) is 23.2. The van der Waals surface area contributed by atoms with Gasteiger partial charge in [-0.3, -0.25) is 18.2 Å². The van der Waals surface area contributed by atoms with Gasteiger partial charge in [0.05, 0.1) is 31.7 Å². The van der Waals surface area contributed by atoms with Crippen LogP contribution in [0, 0.1) is 0 Å². The first kappa shape index (κ1) is 29.7. The highest BCUT2D eigenvalue weighted by molar-refractivity contribution is 7.53. The van der Waals surface area contributed by atoms with Crippen molar-refractivity contribution in [1.82, 2.24) is 29.1 Å². The number of hydrogen-bond donors (Lipinski definition) is 5. The van der Waals surface area contributed by atoms with Crippen molar-refractivity contribution in [2.24, 2.45) is 0 Å². The molecule has 3 aromatic heterocycles. The molecule has 7 atom stereocenters. The molecule has 2 saturated heterocycles. The van der Waals surface area contributed by atoms with Crippen LogP contribution < -0.4 is 17.2 Å². The average Bonchev–Trinajstić information content (AvgIpc) is 3.58. The Bertz CT molecular complexity index is 1560. The number of anilines is 2. The number of nitrogen functional groups attached to an aromatic ring is 2. The van der Waals surface area contributed by atoms with Crippen LogP contribution in [0.5, 0.6) is 0 Å². The van der Waals surface area contributed by atoms with E-state index in [1.807, 2.05) is 0 Å². The normalized spacial score (nSPS) is 28.3. The fourth-order valence-electron chi connectivity index (χ4n) is 4.55. The standard InChI is InChI=1S/C20H28N8O11P2/c1-40(31,35-6-12-10(29)4-15(37-12)28-9-25-17-18(22)23-8-24-19(17)28)39-11-5-16(27-3-2-14(21)26-20(27)30)38-13(11)7-36-41(32,33)34/h2-3,8-13,15-16,29H,4-7H2,1H3,(H2,21,26,30)(H2,22,23,24)(H2,32,33,34)/t10-,11-,12+,13+,15+,16+,40?/m0/s1. The van der Waals surface area contributed by atoms with Crippen LogP contribution in [0.15, 0.2) is 29.7 Å². The minimum absolute atomic E-state index is 0.0120. The first-order chi connectivity index (χ1) is 19.3. The molecule has 7 N–H and O–H groups in total. The number of fused-ring (bicyclic) bond motifs is 1. The molecule has 1 unspecified atom stereocenters. The Morgan fingerprint density at radius 2 is 1.76 bits per heavy atom. The number of nitrogens with zero attached hydrogens (tertiary/aromatic N) is 6. The van der Waals surface area contributed by atoms with Gasteiger partial charge in [-0.2, -0.15) is 4.98 Å². The van der Waals surface area contributed by atoms with E-state index in [0.717, 1.165) is 4.57 Å². The molecule has 0 saturated carbocycles. The lowest BCUT2D eigenvalue weighted by molar-refractivity contribution is -0.0504. The van der Waals surface area contributed by atoms with E-state index in [1.54, 1.807) is 4.57 Å². The number of phosphoric acid groups is 1. The third kappa shape index (κ3) is 6.81. The van der Waals surface area contributed by atoms with Gasteiger partial charge in [0, 0.05) is 25.7 Å². The largest absolute Gasteiger partial charge is 0.469 e. The van der Waals surface area contributed by atoms with Crippen molar-refractivity contribution in [2.75, 3.05) is 31.3 Å². The van der Waals surface area contributed by atoms with Crippen LogP contribution in [0.2, 0.25) is 0 Å². The maximum atomic E-state index is 13.3. The molecule has 2 aliphatic heterocycles. The molecule has 41 heavy (non-hydrogen) atoms. The molecule has 19 nitrogen and oxygen atoms in total. The lowest BCUT2D eigenvalue weighted by Crippen LogP contribution is -2.30. The molecule has 0 spiro atoms. The molecule has 2 fully saturated rings. The molecule has 0 aliphatic carbocycles. The highest BCUT2D eigenvalue weighted by atomic mass is 31.2. The van der Waals surface area contributed by atoms with Crippen molar-refractivity contribution in [3.05, 3.63) is 35.4 Å². The lowest BCUT2D eigenvalue weighted by Gasteiger charge is -2.24. The van der Waals surface area contributed by atoms with Crippen molar-refractivity contribution in [3.8, 4) is 0 Å². The molecule has 0 amide bonds. The average molecular weight is 618 g/mol. The summed E-state index contributed by atoms with van der Waals surface area (Å²) in [5.74, 6) is 0.179. The van der Waals surface area contributed by atoms with Crippen molar-refractivity contribution in [3.63, 3.8) is 0 Å². The summed E-state index contributed by atoms with van der Waals surface area (Å²) < 4.78 is 54.7. The third-order valence-electron chi connectivity index (χ3n) is 6.45. The van der Waals surface area contributed by atoms with Crippen LogP contribution in [0.25, 0.3) is 11.2 Å². The Morgan fingerprint density at radius 3 is 2.49 bits per heavy atom. The molecular weight excluding hydrogens is 590 g/mol. The second-order valence-corrected chi connectivity index (χ2v) is 12.7. The van der Waals surface area contributed by atoms with Gasteiger partial charge in [-0.15, -0.1) is 0 Å². The van der Waals surface area contributed by atoms with Gasteiger partial charge in [0.1, 0.15) is 42.3 Å². The summed E-state index contributed by atoms with van der Waals surface area (Å²) in [5, 5.41) is 10.6. The van der Waals surface area contributed by atoms with E-state index in [0.29, 0.717) is 11.2 Å². The molecule has 5 rings (SSSR count). The predicted octanol–water partition coefficient (Wildman–Crippen LogP) is -0.482. The van der Waals surface area contributed by atoms with E-state index >= 15 is 0 Å². The Morgan fingerprint density at radius 1 is 1.05 bits per heavy atom. The van der Waals surface area contributed by atoms with E-state index in [4.69, 9.17) is 39.8 Å². The van der Waals surface area contributed by atoms with Gasteiger partial charge >= 0.3 is 21.1 Å². The Kier molecular flexibility index (Phi) is 8.28. The maximum absolute atomic E-state index is 13.3. The van der Waals surface area contributed by atoms with Gasteiger partial charge in [-0.25, -0.2) is 24.3 Å². The SMILES string of the molecule is CP(=O)(OC[C@H]1O[C@@H](n2cnc3c(N)ncnc32)C[C@@H]1O)O[C@H]1C[C@H](n2ccc(N)nc2=O)O[C@@H]1COP(=O)(O)O. The van der Waals surface area contributed by atoms with Gasteiger partial charge < -0.3 is 44.9 Å². The summed E-state index contributed by atoms with van der Waals surface area (Å²) in [6, 6.07) is 1.36. The number of imidazole rings is 1. The quantitative estimate of drug-likeness (QED) is 0.179. The number of rotatable bonds is 10. The third-order valence-corrected chi connectivity index (χ3v) is 8.21. The van der Waals surface area contributed by atoms with E-state index in [1.165, 1.54) is 31.6 Å². The van der Waals surface area contributed by atoms with Crippen molar-refractivity contribution < 1.29 is 47.1 Å². The molecule has 3 aromatic rings. The first-order valence-corrected chi connectivity index (χ1v) is 15.7. The summed E-state index contributed by atoms with van der Waals surface area (Å²) in [4.78, 5) is 46.4. The highest BCUT2D eigenvalue weighted by Gasteiger charge is 2.43. The molecular formula is C20H28N8O11P2. The molecule has 5 heterocycles. The second kappa shape index (κ2) is 11.4. The molecule has 224 valence electrons. The second-order valence-electron chi connectivity index (χ2n) is 9.42. The van der Waals surface area contributed by atoms with E-state index in [-0.39, 0.29) is 31.1 Å². The number of nitrogens with two attached hydrogens (primary N) is 2. The number of aromatic nitrogens is 6. The number of hydrogen-bond acceptors (Lipinski definition) is 15. The van der Waals surface area contributed by atoms with Crippen molar-refractivity contribution >= 4 is 38.2 Å². The Balaban J connectivity index is 1.24. The molecule has 2 aliphatic rings. The summed E-state index contributed by atoms with van der Waals surface area (Å²) in [6.45, 7) is 0.221. The number of aliphatic hydroxyl groups is 1. The minimum Gasteiger partial charge on any atom is -0.390 e. The molecule has 0 bridgehead atoms. The van der Waals surface area contributed by atoms with Gasteiger partial charge in [0.25, 0.3) is 0 Å². The van der Waals surface area contributed by atoms with Crippen LogP contribution in [-0.2, 0) is 32.2 Å². The smallest absolute Gasteiger partial charge is 0.390 e. The van der Waals surface area contributed by atoms with Gasteiger partial charge in [0.2, 0.25) is 0 Å². The Hall–Kier alpha value is -2.83. The van der Waals surface area contributed by atoms with Gasteiger partial charge in [-0.1, -0.05) is 0 Å². The van der Waals surface area contributed by atoms with Gasteiger partial charge in [-0.05, 0) is 6.07 Å². The molecule has 0 radical (unpaired) electrons. The zero-order chi connectivity index (χ0) is 29.5. The van der Waals surface area contributed by atoms with E-state index in [2.05, 4.69) is 24.5 Å². The van der Waals surface area contributed by atoms with Crippen molar-refractivity contribution in [2.45, 2.75) is 49.7 Å². The van der Waals surface area contributed by atoms with Crippen molar-refractivity contribution in [1.29, 1.82) is 0 Å². The lowest BCUT2D eigenvalue weighted by atomic mass is 10.2. The molecule has 0 aromatic carbocycles. The topological polar surface area (TPSA) is 272 Å². The fourth-order valence-corrected chi connectivity index (χ4v) is 6.08. The summed E-state index contributed by atoms with van der Waals surface area (Å²) in [5.41, 5.74) is 11.4. The summed E-state index contributed by atoms with van der Waals surface area (Å²) >= 11 is 0. The predicted molar refractivity (Wildman–Crippen MR) is 138 cm³/mol. The monoisotopic (exact) mass is 618 g/mol. The fraction of sp³-hybridized carbons (Fsp3) is 0.550.